The maximum absolute atomic E-state index is 4.42. The number of rotatable bonds is 5. The largest absolute Gasteiger partial charge is 0.204 e. The van der Waals surface area contributed by atoms with Gasteiger partial charge >= 0.3 is 0 Å². The van der Waals surface area contributed by atoms with Crippen LogP contribution in [0.2, 0.25) is 0 Å². The van der Waals surface area contributed by atoms with Crippen LogP contribution in [-0.2, 0) is 6.54 Å². The van der Waals surface area contributed by atoms with Gasteiger partial charge in [0.2, 0.25) is 5.82 Å². The Labute approximate surface area is 116 Å². The summed E-state index contributed by atoms with van der Waals surface area (Å²) >= 11 is 3.54. The molecule has 0 saturated carbocycles. The van der Waals surface area contributed by atoms with E-state index in [1.54, 1.807) is 4.80 Å². The lowest BCUT2D eigenvalue weighted by atomic mass is 9.98. The van der Waals surface area contributed by atoms with Gasteiger partial charge in [-0.1, -0.05) is 60.1 Å². The van der Waals surface area contributed by atoms with E-state index in [-0.39, 0.29) is 0 Å². The third-order valence-corrected chi connectivity index (χ3v) is 3.86. The first-order valence-corrected chi connectivity index (χ1v) is 7.22. The zero-order valence-electron chi connectivity index (χ0n) is 10.6. The Morgan fingerprint density at radius 1 is 1.22 bits per heavy atom. The number of nitrogens with zero attached hydrogens (tertiary/aromatic N) is 4. The van der Waals surface area contributed by atoms with Crippen LogP contribution in [0.25, 0.3) is 11.4 Å². The van der Waals surface area contributed by atoms with E-state index in [1.807, 2.05) is 30.3 Å². The molecule has 0 aliphatic rings. The predicted molar refractivity (Wildman–Crippen MR) is 75.4 cm³/mol. The van der Waals surface area contributed by atoms with E-state index >= 15 is 0 Å². The molecule has 0 saturated heterocycles. The van der Waals surface area contributed by atoms with Crippen molar-refractivity contribution in [3.05, 3.63) is 30.3 Å². The summed E-state index contributed by atoms with van der Waals surface area (Å²) in [5.74, 6) is 1.80. The number of hydrogen-bond acceptors (Lipinski definition) is 3. The molecule has 0 fully saturated rings. The molecule has 1 atom stereocenters. The van der Waals surface area contributed by atoms with Crippen molar-refractivity contribution in [2.24, 2.45) is 11.8 Å². The van der Waals surface area contributed by atoms with E-state index in [4.69, 9.17) is 0 Å². The van der Waals surface area contributed by atoms with Crippen LogP contribution in [0.15, 0.2) is 30.3 Å². The second-order valence-electron chi connectivity index (χ2n) is 4.69. The number of hydrogen-bond donors (Lipinski definition) is 0. The quantitative estimate of drug-likeness (QED) is 0.798. The van der Waals surface area contributed by atoms with E-state index in [0.29, 0.717) is 17.7 Å². The average Bonchev–Trinajstić information content (AvgIpc) is 2.85. The number of benzene rings is 1. The highest BCUT2D eigenvalue weighted by molar-refractivity contribution is 9.09. The van der Waals surface area contributed by atoms with Crippen LogP contribution in [0.1, 0.15) is 13.8 Å². The lowest BCUT2D eigenvalue weighted by molar-refractivity contribution is 0.332. The molecule has 1 aromatic heterocycles. The molecular formula is C13H17BrN4. The summed E-state index contributed by atoms with van der Waals surface area (Å²) in [5.41, 5.74) is 1.00. The molecule has 18 heavy (non-hydrogen) atoms. The normalized spacial score (nSPS) is 12.9. The van der Waals surface area contributed by atoms with Gasteiger partial charge in [0, 0.05) is 10.9 Å². The maximum Gasteiger partial charge on any atom is 0.204 e. The van der Waals surface area contributed by atoms with Gasteiger partial charge in [0.05, 0.1) is 6.54 Å². The van der Waals surface area contributed by atoms with Gasteiger partial charge in [0.1, 0.15) is 0 Å². The van der Waals surface area contributed by atoms with Gasteiger partial charge in [-0.15, -0.1) is 10.2 Å². The average molecular weight is 309 g/mol. The first-order valence-electron chi connectivity index (χ1n) is 6.10. The zero-order valence-corrected chi connectivity index (χ0v) is 12.2. The molecule has 2 rings (SSSR count). The van der Waals surface area contributed by atoms with Crippen molar-refractivity contribution >= 4 is 15.9 Å². The molecule has 0 radical (unpaired) electrons. The molecule has 96 valence electrons. The zero-order chi connectivity index (χ0) is 13.0. The number of tetrazole rings is 1. The summed E-state index contributed by atoms with van der Waals surface area (Å²) in [7, 11) is 0. The summed E-state index contributed by atoms with van der Waals surface area (Å²) in [6, 6.07) is 9.92. The van der Waals surface area contributed by atoms with E-state index in [1.165, 1.54) is 0 Å². The Hall–Kier alpha value is -1.23. The van der Waals surface area contributed by atoms with E-state index in [2.05, 4.69) is 45.2 Å². The minimum absolute atomic E-state index is 0.517. The van der Waals surface area contributed by atoms with Crippen molar-refractivity contribution in [3.63, 3.8) is 0 Å². The summed E-state index contributed by atoms with van der Waals surface area (Å²) in [4.78, 5) is 1.69. The van der Waals surface area contributed by atoms with Crippen molar-refractivity contribution in [3.8, 4) is 11.4 Å². The minimum atomic E-state index is 0.517. The smallest absolute Gasteiger partial charge is 0.164 e. The fourth-order valence-corrected chi connectivity index (χ4v) is 2.62. The van der Waals surface area contributed by atoms with Crippen LogP contribution < -0.4 is 0 Å². The fourth-order valence-electron chi connectivity index (χ4n) is 1.67. The molecule has 5 heteroatoms. The van der Waals surface area contributed by atoms with E-state index in [0.717, 1.165) is 17.4 Å². The maximum atomic E-state index is 4.42. The second kappa shape index (κ2) is 6.09. The molecule has 1 heterocycles. The highest BCUT2D eigenvalue weighted by Crippen LogP contribution is 2.16. The first-order chi connectivity index (χ1) is 8.70. The van der Waals surface area contributed by atoms with Gasteiger partial charge in [-0.05, 0) is 17.0 Å². The monoisotopic (exact) mass is 308 g/mol. The second-order valence-corrected chi connectivity index (χ2v) is 5.34. The number of aromatic nitrogens is 4. The van der Waals surface area contributed by atoms with Gasteiger partial charge in [-0.25, -0.2) is 0 Å². The molecule has 0 aliphatic heterocycles. The lowest BCUT2D eigenvalue weighted by Gasteiger charge is -2.16. The molecular weight excluding hydrogens is 292 g/mol. The highest BCUT2D eigenvalue weighted by Gasteiger charge is 2.14. The molecule has 2 aromatic rings. The molecule has 1 aromatic carbocycles. The van der Waals surface area contributed by atoms with Crippen LogP contribution >= 0.6 is 15.9 Å². The lowest BCUT2D eigenvalue weighted by Crippen LogP contribution is -2.19. The number of halogens is 1. The van der Waals surface area contributed by atoms with Crippen LogP contribution in [0.5, 0.6) is 0 Å². The van der Waals surface area contributed by atoms with E-state index in [9.17, 15) is 0 Å². The van der Waals surface area contributed by atoms with Gasteiger partial charge in [0.25, 0.3) is 0 Å². The molecule has 4 nitrogen and oxygen atoms in total. The van der Waals surface area contributed by atoms with Crippen molar-refractivity contribution in [2.45, 2.75) is 20.4 Å². The summed E-state index contributed by atoms with van der Waals surface area (Å²) in [6.07, 6.45) is 0. The van der Waals surface area contributed by atoms with Crippen LogP contribution in [0.4, 0.5) is 0 Å². The third kappa shape index (κ3) is 3.16. The van der Waals surface area contributed by atoms with Gasteiger partial charge in [-0.3, -0.25) is 0 Å². The van der Waals surface area contributed by atoms with Crippen LogP contribution in [0.3, 0.4) is 0 Å². The molecule has 0 N–H and O–H groups in total. The summed E-state index contributed by atoms with van der Waals surface area (Å²) < 4.78 is 0. The van der Waals surface area contributed by atoms with Crippen molar-refractivity contribution in [1.29, 1.82) is 0 Å². The van der Waals surface area contributed by atoms with Gasteiger partial charge < -0.3 is 0 Å². The standard InChI is InChI=1S/C13H17BrN4/c1-10(2)12(8-14)9-18-16-13(15-17-18)11-6-4-3-5-7-11/h3-7,10,12H,8-9H2,1-2H3. The van der Waals surface area contributed by atoms with Crippen LogP contribution in [-0.4, -0.2) is 25.5 Å². The Bertz CT molecular complexity index is 481. The van der Waals surface area contributed by atoms with Crippen LogP contribution in [0, 0.1) is 11.8 Å². The SMILES string of the molecule is CC(C)C(CBr)Cn1nnc(-c2ccccc2)n1. The fraction of sp³-hybridized carbons (Fsp3) is 0.462. The third-order valence-electron chi connectivity index (χ3n) is 3.02. The molecule has 0 spiro atoms. The number of alkyl halides is 1. The highest BCUT2D eigenvalue weighted by atomic mass is 79.9. The Balaban J connectivity index is 2.11. The molecule has 0 aliphatic carbocycles. The Kier molecular flexibility index (Phi) is 4.47. The van der Waals surface area contributed by atoms with Gasteiger partial charge in [-0.2, -0.15) is 4.80 Å². The molecule has 0 amide bonds. The Morgan fingerprint density at radius 3 is 2.56 bits per heavy atom. The van der Waals surface area contributed by atoms with Crippen molar-refractivity contribution in [2.75, 3.05) is 5.33 Å². The predicted octanol–water partition coefficient (Wildman–Crippen LogP) is 3.01. The minimum Gasteiger partial charge on any atom is -0.164 e. The first kappa shape index (κ1) is 13.2. The van der Waals surface area contributed by atoms with Gasteiger partial charge in [0.15, 0.2) is 0 Å². The van der Waals surface area contributed by atoms with Crippen molar-refractivity contribution < 1.29 is 0 Å². The van der Waals surface area contributed by atoms with E-state index < -0.39 is 0 Å². The summed E-state index contributed by atoms with van der Waals surface area (Å²) in [6.45, 7) is 5.21. The Morgan fingerprint density at radius 2 is 1.94 bits per heavy atom. The molecule has 0 bridgehead atoms. The van der Waals surface area contributed by atoms with Crippen molar-refractivity contribution in [1.82, 2.24) is 20.2 Å². The molecule has 1 unspecified atom stereocenters. The summed E-state index contributed by atoms with van der Waals surface area (Å²) in [5, 5.41) is 13.6. The topological polar surface area (TPSA) is 43.6 Å².